The maximum Gasteiger partial charge on any atom is 0.0831 e. The monoisotopic (exact) mass is 130 g/mol. The van der Waals surface area contributed by atoms with Crippen LogP contribution < -0.4 is 5.32 Å². The highest BCUT2D eigenvalue weighted by molar-refractivity contribution is 4.85. The van der Waals surface area contributed by atoms with Crippen LogP contribution in [0.4, 0.5) is 0 Å². The molecule has 1 aliphatic heterocycles. The second-order valence-corrected chi connectivity index (χ2v) is 2.76. The molecule has 0 aliphatic carbocycles. The lowest BCUT2D eigenvalue weighted by molar-refractivity contribution is 0.114. The number of hydrogen-bond donors (Lipinski definition) is 2. The average Bonchev–Trinajstić information content (AvgIpc) is 2.13. The van der Waals surface area contributed by atoms with Gasteiger partial charge in [-0.25, -0.2) is 0 Å². The molecule has 0 aromatic rings. The molecule has 2 unspecified atom stereocenters. The van der Waals surface area contributed by atoms with Gasteiger partial charge < -0.3 is 15.3 Å². The molecule has 2 atom stereocenters. The summed E-state index contributed by atoms with van der Waals surface area (Å²) in [5.41, 5.74) is 0. The van der Waals surface area contributed by atoms with Crippen molar-refractivity contribution in [3.63, 3.8) is 0 Å². The van der Waals surface area contributed by atoms with E-state index in [4.69, 9.17) is 0 Å². The van der Waals surface area contributed by atoms with Gasteiger partial charge in [0.15, 0.2) is 0 Å². The Hall–Kier alpha value is -0.120. The number of rotatable bonds is 1. The molecule has 54 valence electrons. The lowest BCUT2D eigenvalue weighted by atomic mass is 10.2. The molecular formula is C6H14N2O. The number of hydrogen-bond acceptors (Lipinski definition) is 3. The zero-order valence-corrected chi connectivity index (χ0v) is 5.96. The third-order valence-corrected chi connectivity index (χ3v) is 1.81. The van der Waals surface area contributed by atoms with Crippen LogP contribution in [0.25, 0.3) is 0 Å². The average molecular weight is 130 g/mol. The summed E-state index contributed by atoms with van der Waals surface area (Å²) >= 11 is 0. The number of nitrogens with zero attached hydrogens (tertiary/aromatic N) is 1. The first-order chi connectivity index (χ1) is 4.22. The van der Waals surface area contributed by atoms with Crippen molar-refractivity contribution in [2.45, 2.75) is 12.1 Å². The molecule has 0 radical (unpaired) electrons. The molecule has 1 fully saturated rings. The van der Waals surface area contributed by atoms with Crippen molar-refractivity contribution in [2.24, 2.45) is 0 Å². The van der Waals surface area contributed by atoms with Crippen molar-refractivity contribution in [3.8, 4) is 0 Å². The van der Waals surface area contributed by atoms with Gasteiger partial charge >= 0.3 is 0 Å². The normalized spacial score (nSPS) is 36.0. The highest BCUT2D eigenvalue weighted by Gasteiger charge is 2.25. The highest BCUT2D eigenvalue weighted by atomic mass is 16.3. The standard InChI is InChI=1S/C6H14N2O/c1-8(2)5-3-7-4-6(5)9/h5-7,9H,3-4H2,1-2H3. The van der Waals surface area contributed by atoms with Crippen molar-refractivity contribution in [3.05, 3.63) is 0 Å². The van der Waals surface area contributed by atoms with Crippen LogP contribution >= 0.6 is 0 Å². The Balaban J connectivity index is 2.40. The zero-order valence-electron chi connectivity index (χ0n) is 5.96. The quantitative estimate of drug-likeness (QED) is 0.472. The molecule has 2 N–H and O–H groups in total. The van der Waals surface area contributed by atoms with Gasteiger partial charge in [-0.05, 0) is 14.1 Å². The van der Waals surface area contributed by atoms with Crippen molar-refractivity contribution >= 4 is 0 Å². The molecule has 0 amide bonds. The van der Waals surface area contributed by atoms with Gasteiger partial charge in [-0.3, -0.25) is 0 Å². The van der Waals surface area contributed by atoms with E-state index in [0.29, 0.717) is 6.04 Å². The van der Waals surface area contributed by atoms with E-state index in [-0.39, 0.29) is 6.10 Å². The Bertz CT molecular complexity index is 95.1. The molecule has 0 aromatic carbocycles. The number of aliphatic hydroxyl groups excluding tert-OH is 1. The third-order valence-electron chi connectivity index (χ3n) is 1.81. The second kappa shape index (κ2) is 2.64. The summed E-state index contributed by atoms with van der Waals surface area (Å²) in [4.78, 5) is 2.05. The summed E-state index contributed by atoms with van der Waals surface area (Å²) in [7, 11) is 3.97. The van der Waals surface area contributed by atoms with E-state index in [1.165, 1.54) is 0 Å². The largest absolute Gasteiger partial charge is 0.390 e. The summed E-state index contributed by atoms with van der Waals surface area (Å²) in [5.74, 6) is 0. The SMILES string of the molecule is CN(C)C1CNCC1O. The van der Waals surface area contributed by atoms with Crippen LogP contribution in [0.5, 0.6) is 0 Å². The molecule has 1 rings (SSSR count). The summed E-state index contributed by atoms with van der Waals surface area (Å²) in [6.07, 6.45) is -0.181. The number of aliphatic hydroxyl groups is 1. The lowest BCUT2D eigenvalue weighted by Crippen LogP contribution is -2.37. The van der Waals surface area contributed by atoms with E-state index in [2.05, 4.69) is 5.32 Å². The molecule has 0 bridgehead atoms. The smallest absolute Gasteiger partial charge is 0.0831 e. The molecule has 0 saturated carbocycles. The van der Waals surface area contributed by atoms with Crippen LogP contribution in [0, 0.1) is 0 Å². The molecule has 3 heteroatoms. The second-order valence-electron chi connectivity index (χ2n) is 2.76. The van der Waals surface area contributed by atoms with E-state index in [0.717, 1.165) is 13.1 Å². The summed E-state index contributed by atoms with van der Waals surface area (Å²) in [5, 5.41) is 12.4. The maximum absolute atomic E-state index is 9.26. The molecule has 9 heavy (non-hydrogen) atoms. The van der Waals surface area contributed by atoms with Gasteiger partial charge in [-0.1, -0.05) is 0 Å². The van der Waals surface area contributed by atoms with E-state index in [1.807, 2.05) is 19.0 Å². The minimum atomic E-state index is -0.181. The predicted molar refractivity (Wildman–Crippen MR) is 36.4 cm³/mol. The van der Waals surface area contributed by atoms with Crippen LogP contribution in [0.1, 0.15) is 0 Å². The Kier molecular flexibility index (Phi) is 2.05. The number of likely N-dealkylation sites (N-methyl/N-ethyl adjacent to an activating group) is 1. The van der Waals surface area contributed by atoms with Crippen molar-refractivity contribution in [1.29, 1.82) is 0 Å². The molecule has 3 nitrogen and oxygen atoms in total. The minimum Gasteiger partial charge on any atom is -0.390 e. The molecular weight excluding hydrogens is 116 g/mol. The van der Waals surface area contributed by atoms with Crippen molar-refractivity contribution in [2.75, 3.05) is 27.2 Å². The number of β-amino-alcohol motifs (C(OH)–C–C–N with tert-alkyl or cyclic N) is 1. The molecule has 0 spiro atoms. The molecule has 0 aromatic heterocycles. The van der Waals surface area contributed by atoms with Crippen LogP contribution in [0.2, 0.25) is 0 Å². The third kappa shape index (κ3) is 1.41. The number of nitrogens with one attached hydrogen (secondary N) is 1. The first kappa shape index (κ1) is 6.99. The van der Waals surface area contributed by atoms with E-state index >= 15 is 0 Å². The van der Waals surface area contributed by atoms with Gasteiger partial charge in [0, 0.05) is 19.1 Å². The Labute approximate surface area is 55.7 Å². The van der Waals surface area contributed by atoms with Gasteiger partial charge in [0.2, 0.25) is 0 Å². The van der Waals surface area contributed by atoms with Crippen molar-refractivity contribution in [1.82, 2.24) is 10.2 Å². The van der Waals surface area contributed by atoms with Gasteiger partial charge in [0.1, 0.15) is 0 Å². The first-order valence-electron chi connectivity index (χ1n) is 3.27. The Morgan fingerprint density at radius 2 is 2.11 bits per heavy atom. The van der Waals surface area contributed by atoms with Crippen molar-refractivity contribution < 1.29 is 5.11 Å². The van der Waals surface area contributed by atoms with E-state index in [1.54, 1.807) is 0 Å². The predicted octanol–water partition coefficient (Wildman–Crippen LogP) is -1.12. The molecule has 1 heterocycles. The minimum absolute atomic E-state index is 0.181. The molecule has 1 saturated heterocycles. The summed E-state index contributed by atoms with van der Waals surface area (Å²) in [6, 6.07) is 0.310. The van der Waals surface area contributed by atoms with Gasteiger partial charge in [0.05, 0.1) is 6.10 Å². The van der Waals surface area contributed by atoms with Gasteiger partial charge in [-0.2, -0.15) is 0 Å². The first-order valence-corrected chi connectivity index (χ1v) is 3.27. The highest BCUT2D eigenvalue weighted by Crippen LogP contribution is 2.03. The lowest BCUT2D eigenvalue weighted by Gasteiger charge is -2.20. The topological polar surface area (TPSA) is 35.5 Å². The van der Waals surface area contributed by atoms with Crippen LogP contribution in [0.15, 0.2) is 0 Å². The summed E-state index contributed by atoms with van der Waals surface area (Å²) in [6.45, 7) is 1.65. The zero-order chi connectivity index (χ0) is 6.85. The van der Waals surface area contributed by atoms with Gasteiger partial charge in [0.25, 0.3) is 0 Å². The van der Waals surface area contributed by atoms with E-state index < -0.39 is 0 Å². The molecule has 1 aliphatic rings. The Morgan fingerprint density at radius 1 is 1.44 bits per heavy atom. The fourth-order valence-electron chi connectivity index (χ4n) is 1.18. The van der Waals surface area contributed by atoms with E-state index in [9.17, 15) is 5.11 Å². The summed E-state index contributed by atoms with van der Waals surface area (Å²) < 4.78 is 0. The maximum atomic E-state index is 9.26. The van der Waals surface area contributed by atoms with Gasteiger partial charge in [-0.15, -0.1) is 0 Å². The fourth-order valence-corrected chi connectivity index (χ4v) is 1.18. The van der Waals surface area contributed by atoms with Crippen LogP contribution in [0.3, 0.4) is 0 Å². The van der Waals surface area contributed by atoms with Crippen LogP contribution in [-0.4, -0.2) is 49.3 Å². The van der Waals surface area contributed by atoms with Crippen LogP contribution in [-0.2, 0) is 0 Å². The fraction of sp³-hybridized carbons (Fsp3) is 1.00. The Morgan fingerprint density at radius 3 is 2.33 bits per heavy atom.